The fourth-order valence-electron chi connectivity index (χ4n) is 1.67. The van der Waals surface area contributed by atoms with E-state index < -0.39 is 6.09 Å². The molecule has 17 heavy (non-hydrogen) atoms. The Morgan fingerprint density at radius 2 is 2.29 bits per heavy atom. The van der Waals surface area contributed by atoms with Crippen LogP contribution in [0, 0.1) is 6.92 Å². The van der Waals surface area contributed by atoms with E-state index >= 15 is 0 Å². The number of hydrogen-bond acceptors (Lipinski definition) is 3. The average Bonchev–Trinajstić information content (AvgIpc) is 2.69. The zero-order chi connectivity index (χ0) is 12.3. The van der Waals surface area contributed by atoms with Gasteiger partial charge in [-0.05, 0) is 37.1 Å². The van der Waals surface area contributed by atoms with Crippen LogP contribution in [0.3, 0.4) is 0 Å². The smallest absolute Gasteiger partial charge is 0.407 e. The molecule has 0 aliphatic heterocycles. The Labute approximate surface area is 99.6 Å². The summed E-state index contributed by atoms with van der Waals surface area (Å²) in [6.45, 7) is 4.61. The number of amides is 1. The predicted octanol–water partition coefficient (Wildman–Crippen LogP) is 2.99. The minimum Gasteiger partial charge on any atom is -0.464 e. The molecule has 0 bridgehead atoms. The highest BCUT2D eigenvalue weighted by Gasteiger charge is 2.04. The van der Waals surface area contributed by atoms with Gasteiger partial charge in [-0.3, -0.25) is 0 Å². The Morgan fingerprint density at radius 3 is 3.06 bits per heavy atom. The van der Waals surface area contributed by atoms with Gasteiger partial charge < -0.3 is 14.5 Å². The van der Waals surface area contributed by atoms with Gasteiger partial charge in [0.1, 0.15) is 5.58 Å². The van der Waals surface area contributed by atoms with Crippen LogP contribution in [0.1, 0.15) is 18.1 Å². The summed E-state index contributed by atoms with van der Waals surface area (Å²) in [5.74, 6) is 0. The van der Waals surface area contributed by atoms with E-state index in [0.29, 0.717) is 13.2 Å². The maximum Gasteiger partial charge on any atom is 0.407 e. The van der Waals surface area contributed by atoms with Crippen molar-refractivity contribution in [1.82, 2.24) is 5.32 Å². The van der Waals surface area contributed by atoms with Crippen LogP contribution in [0.25, 0.3) is 11.0 Å². The summed E-state index contributed by atoms with van der Waals surface area (Å²) in [7, 11) is 0. The lowest BCUT2D eigenvalue weighted by atomic mass is 10.1. The first kappa shape index (κ1) is 11.5. The number of ether oxygens (including phenoxy) is 1. The molecule has 2 rings (SSSR count). The van der Waals surface area contributed by atoms with Gasteiger partial charge in [0.2, 0.25) is 0 Å². The molecule has 2 aromatic rings. The highest BCUT2D eigenvalue weighted by molar-refractivity contribution is 5.81. The molecular formula is C13H15NO3. The number of fused-ring (bicyclic) bond motifs is 1. The second-order valence-electron chi connectivity index (χ2n) is 3.82. The van der Waals surface area contributed by atoms with Gasteiger partial charge in [0, 0.05) is 11.9 Å². The second-order valence-corrected chi connectivity index (χ2v) is 3.82. The largest absolute Gasteiger partial charge is 0.464 e. The molecule has 0 unspecified atom stereocenters. The molecule has 0 radical (unpaired) electrons. The van der Waals surface area contributed by atoms with Gasteiger partial charge in [-0.15, -0.1) is 0 Å². The third-order valence-corrected chi connectivity index (χ3v) is 2.54. The summed E-state index contributed by atoms with van der Waals surface area (Å²) >= 11 is 0. The number of carbonyl (C=O) groups is 1. The fraction of sp³-hybridized carbons (Fsp3) is 0.308. The lowest BCUT2D eigenvalue weighted by molar-refractivity contribution is 0.151. The van der Waals surface area contributed by atoms with Crippen LogP contribution >= 0.6 is 0 Å². The molecule has 0 saturated heterocycles. The molecule has 4 nitrogen and oxygen atoms in total. The fourth-order valence-corrected chi connectivity index (χ4v) is 1.67. The van der Waals surface area contributed by atoms with Gasteiger partial charge >= 0.3 is 6.09 Å². The third-order valence-electron chi connectivity index (χ3n) is 2.54. The van der Waals surface area contributed by atoms with Gasteiger partial charge in [0.15, 0.2) is 0 Å². The maximum absolute atomic E-state index is 11.1. The van der Waals surface area contributed by atoms with Crippen molar-refractivity contribution in [1.29, 1.82) is 0 Å². The standard InChI is InChI=1S/C13H15NO3/c1-3-16-13(15)14-7-10-4-5-12-11(6-10)9(2)8-17-12/h4-6,8H,3,7H2,1-2H3,(H,14,15). The molecular weight excluding hydrogens is 218 g/mol. The van der Waals surface area contributed by atoms with Crippen molar-refractivity contribution in [2.24, 2.45) is 0 Å². The highest BCUT2D eigenvalue weighted by atomic mass is 16.5. The number of rotatable bonds is 3. The summed E-state index contributed by atoms with van der Waals surface area (Å²) in [6.07, 6.45) is 1.34. The Bertz CT molecular complexity index is 530. The molecule has 1 aromatic heterocycles. The van der Waals surface area contributed by atoms with Crippen LogP contribution in [0.4, 0.5) is 4.79 Å². The van der Waals surface area contributed by atoms with E-state index in [2.05, 4.69) is 5.32 Å². The van der Waals surface area contributed by atoms with E-state index in [0.717, 1.165) is 22.1 Å². The van der Waals surface area contributed by atoms with Crippen molar-refractivity contribution in [3.05, 3.63) is 35.6 Å². The van der Waals surface area contributed by atoms with Crippen LogP contribution in [0.2, 0.25) is 0 Å². The number of benzene rings is 1. The number of furan rings is 1. The van der Waals surface area contributed by atoms with E-state index in [1.807, 2.05) is 25.1 Å². The van der Waals surface area contributed by atoms with Crippen molar-refractivity contribution < 1.29 is 13.9 Å². The molecule has 0 atom stereocenters. The molecule has 4 heteroatoms. The number of nitrogens with one attached hydrogen (secondary N) is 1. The first-order valence-corrected chi connectivity index (χ1v) is 5.58. The van der Waals surface area contributed by atoms with Crippen LogP contribution in [-0.4, -0.2) is 12.7 Å². The Kier molecular flexibility index (Phi) is 3.32. The number of aryl methyl sites for hydroxylation is 1. The number of alkyl carbamates (subject to hydrolysis) is 1. The summed E-state index contributed by atoms with van der Waals surface area (Å²) in [6, 6.07) is 5.85. The Morgan fingerprint density at radius 1 is 1.47 bits per heavy atom. The van der Waals surface area contributed by atoms with Crippen molar-refractivity contribution >= 4 is 17.1 Å². The molecule has 0 fully saturated rings. The first-order valence-electron chi connectivity index (χ1n) is 5.58. The molecule has 1 aromatic carbocycles. The van der Waals surface area contributed by atoms with Gasteiger partial charge in [-0.2, -0.15) is 0 Å². The van der Waals surface area contributed by atoms with Crippen molar-refractivity contribution in [2.75, 3.05) is 6.61 Å². The van der Waals surface area contributed by atoms with E-state index in [4.69, 9.17) is 9.15 Å². The van der Waals surface area contributed by atoms with Crippen LogP contribution in [0.15, 0.2) is 28.9 Å². The zero-order valence-corrected chi connectivity index (χ0v) is 9.95. The summed E-state index contributed by atoms with van der Waals surface area (Å²) in [4.78, 5) is 11.1. The van der Waals surface area contributed by atoms with E-state index in [9.17, 15) is 4.79 Å². The summed E-state index contributed by atoms with van der Waals surface area (Å²) < 4.78 is 10.1. The minimum atomic E-state index is -0.392. The number of carbonyl (C=O) groups excluding carboxylic acids is 1. The Balaban J connectivity index is 2.08. The summed E-state index contributed by atoms with van der Waals surface area (Å²) in [5.41, 5.74) is 2.98. The normalized spacial score (nSPS) is 10.5. The quantitative estimate of drug-likeness (QED) is 0.886. The van der Waals surface area contributed by atoms with Crippen molar-refractivity contribution in [3.8, 4) is 0 Å². The topological polar surface area (TPSA) is 51.5 Å². The zero-order valence-electron chi connectivity index (χ0n) is 9.95. The van der Waals surface area contributed by atoms with Crippen LogP contribution < -0.4 is 5.32 Å². The van der Waals surface area contributed by atoms with Gasteiger partial charge in [-0.1, -0.05) is 6.07 Å². The molecule has 1 heterocycles. The van der Waals surface area contributed by atoms with Gasteiger partial charge in [0.05, 0.1) is 12.9 Å². The number of hydrogen-bond donors (Lipinski definition) is 1. The lowest BCUT2D eigenvalue weighted by Gasteiger charge is -2.05. The third kappa shape index (κ3) is 2.58. The molecule has 0 spiro atoms. The molecule has 0 aliphatic rings. The first-order chi connectivity index (χ1) is 8.20. The summed E-state index contributed by atoms with van der Waals surface area (Å²) in [5, 5.41) is 3.76. The molecule has 1 amide bonds. The molecule has 1 N–H and O–H groups in total. The highest BCUT2D eigenvalue weighted by Crippen LogP contribution is 2.21. The van der Waals surface area contributed by atoms with E-state index in [1.54, 1.807) is 13.2 Å². The van der Waals surface area contributed by atoms with E-state index in [-0.39, 0.29) is 0 Å². The van der Waals surface area contributed by atoms with Gasteiger partial charge in [0.25, 0.3) is 0 Å². The van der Waals surface area contributed by atoms with E-state index in [1.165, 1.54) is 0 Å². The Hall–Kier alpha value is -1.97. The SMILES string of the molecule is CCOC(=O)NCc1ccc2occ(C)c2c1. The second kappa shape index (κ2) is 4.91. The molecule has 0 saturated carbocycles. The predicted molar refractivity (Wildman–Crippen MR) is 64.8 cm³/mol. The van der Waals surface area contributed by atoms with Crippen LogP contribution in [-0.2, 0) is 11.3 Å². The lowest BCUT2D eigenvalue weighted by Crippen LogP contribution is -2.23. The average molecular weight is 233 g/mol. The monoisotopic (exact) mass is 233 g/mol. The van der Waals surface area contributed by atoms with Crippen molar-refractivity contribution in [3.63, 3.8) is 0 Å². The maximum atomic E-state index is 11.1. The van der Waals surface area contributed by atoms with Gasteiger partial charge in [-0.25, -0.2) is 4.79 Å². The molecule has 90 valence electrons. The minimum absolute atomic E-state index is 0.381. The molecule has 0 aliphatic carbocycles. The van der Waals surface area contributed by atoms with Crippen molar-refractivity contribution in [2.45, 2.75) is 20.4 Å². The van der Waals surface area contributed by atoms with Crippen LogP contribution in [0.5, 0.6) is 0 Å².